The summed E-state index contributed by atoms with van der Waals surface area (Å²) in [6.45, 7) is 0. The zero-order chi connectivity index (χ0) is 17.1. The van der Waals surface area contributed by atoms with E-state index in [2.05, 4.69) is 10.0 Å². The predicted octanol–water partition coefficient (Wildman–Crippen LogP) is 3.52. The molecule has 1 saturated carbocycles. The normalized spacial score (nSPS) is 14.3. The highest BCUT2D eigenvalue weighted by molar-refractivity contribution is 6.39. The maximum atomic E-state index is 13.6. The van der Waals surface area contributed by atoms with Gasteiger partial charge in [-0.3, -0.25) is 4.79 Å². The van der Waals surface area contributed by atoms with E-state index in [0.717, 1.165) is 30.5 Å². The Hall–Kier alpha value is -1.99. The van der Waals surface area contributed by atoms with E-state index >= 15 is 0 Å². The van der Waals surface area contributed by atoms with Crippen molar-refractivity contribution in [3.8, 4) is 0 Å². The van der Waals surface area contributed by atoms with Gasteiger partial charge in [0.1, 0.15) is 11.4 Å². The van der Waals surface area contributed by atoms with Gasteiger partial charge in [0.25, 0.3) is 0 Å². The van der Waals surface area contributed by atoms with Crippen LogP contribution in [0.25, 0.3) is 0 Å². The van der Waals surface area contributed by atoms with Crippen LogP contribution in [0, 0.1) is 10.7 Å². The van der Waals surface area contributed by atoms with Crippen LogP contribution in [-0.2, 0) is 9.53 Å². The molecule has 1 aliphatic rings. The number of hydrogen-bond donors (Lipinski definition) is 0. The molecule has 1 aromatic rings. The van der Waals surface area contributed by atoms with E-state index in [4.69, 9.17) is 23.2 Å². The summed E-state index contributed by atoms with van der Waals surface area (Å²) in [6, 6.07) is 1.70. The fraction of sp³-hybridized carbons (Fsp3) is 0.286. The minimum atomic E-state index is -0.990. The molecule has 2 rings (SSSR count). The molecule has 0 heterocycles. The van der Waals surface area contributed by atoms with E-state index in [1.54, 1.807) is 0 Å². The van der Waals surface area contributed by atoms with Gasteiger partial charge in [0, 0.05) is 11.8 Å². The Morgan fingerprint density at radius 3 is 2.52 bits per heavy atom. The van der Waals surface area contributed by atoms with Gasteiger partial charge in [-0.2, -0.15) is 0 Å². The molecule has 0 aliphatic heterocycles. The van der Waals surface area contributed by atoms with E-state index in [1.807, 2.05) is 0 Å². The molecule has 122 valence electrons. The maximum Gasteiger partial charge on any atom is 0.343 e. The average molecular weight is 361 g/mol. The van der Waals surface area contributed by atoms with Gasteiger partial charge in [0.05, 0.1) is 28.5 Å². The molecule has 0 atom stereocenters. The molecule has 0 amide bonds. The first-order valence-corrected chi connectivity index (χ1v) is 7.25. The topological polar surface area (TPSA) is 76.0 Å². The second-order valence-electron chi connectivity index (χ2n) is 4.80. The van der Waals surface area contributed by atoms with E-state index < -0.39 is 23.1 Å². The van der Waals surface area contributed by atoms with Gasteiger partial charge in [-0.05, 0) is 25.0 Å². The lowest BCUT2D eigenvalue weighted by atomic mass is 10.0. The molecule has 1 fully saturated rings. The highest BCUT2D eigenvalue weighted by Gasteiger charge is 2.32. The summed E-state index contributed by atoms with van der Waals surface area (Å²) in [6.07, 6.45) is 2.41. The first-order valence-electron chi connectivity index (χ1n) is 6.50. The third-order valence-electron chi connectivity index (χ3n) is 3.18. The van der Waals surface area contributed by atoms with Gasteiger partial charge in [-0.15, -0.1) is 4.91 Å². The lowest BCUT2D eigenvalue weighted by Crippen LogP contribution is -2.21. The molecular formula is C14H11Cl2FN2O4. The minimum absolute atomic E-state index is 0.131. The molecular weight excluding hydrogens is 350 g/mol. The van der Waals surface area contributed by atoms with E-state index in [1.165, 1.54) is 0 Å². The molecule has 1 aliphatic carbocycles. The highest BCUT2D eigenvalue weighted by atomic mass is 35.5. The Balaban J connectivity index is 2.45. The average Bonchev–Trinajstić information content (AvgIpc) is 3.35. The van der Waals surface area contributed by atoms with Crippen LogP contribution >= 0.6 is 23.2 Å². The van der Waals surface area contributed by atoms with Crippen LogP contribution in [0.3, 0.4) is 0 Å². The molecule has 6 nitrogen and oxygen atoms in total. The summed E-state index contributed by atoms with van der Waals surface area (Å²) < 4.78 is 18.1. The van der Waals surface area contributed by atoms with E-state index in [-0.39, 0.29) is 21.7 Å². The van der Waals surface area contributed by atoms with Crippen molar-refractivity contribution in [2.24, 2.45) is 5.29 Å². The number of benzene rings is 1. The molecule has 0 saturated heterocycles. The molecule has 1 aromatic carbocycles. The number of carbonyl (C=O) groups is 2. The van der Waals surface area contributed by atoms with Crippen LogP contribution in [0.5, 0.6) is 0 Å². The summed E-state index contributed by atoms with van der Waals surface area (Å²) in [5.41, 5.74) is -0.755. The van der Waals surface area contributed by atoms with Crippen molar-refractivity contribution in [1.82, 2.24) is 5.01 Å². The molecule has 0 spiro atoms. The van der Waals surface area contributed by atoms with Crippen molar-refractivity contribution >= 4 is 35.0 Å². The number of rotatable bonds is 6. The lowest BCUT2D eigenvalue weighted by Gasteiger charge is -2.12. The fourth-order valence-corrected chi connectivity index (χ4v) is 2.29. The minimum Gasteiger partial charge on any atom is -0.465 e. The standard InChI is InChI=1S/C14H11Cl2FN2O4/c1-23-14(21)9(6-19(18-22)7-2-3-7)13(20)8-4-12(17)11(16)5-10(8)15/h4-7H,2-3H2,1H3. The smallest absolute Gasteiger partial charge is 0.343 e. The zero-order valence-electron chi connectivity index (χ0n) is 11.9. The number of nitroso groups, excluding NO2 is 1. The summed E-state index contributed by atoms with van der Waals surface area (Å²) in [5.74, 6) is -2.75. The Kier molecular flexibility index (Phi) is 5.33. The molecule has 0 N–H and O–H groups in total. The molecule has 0 unspecified atom stereocenters. The largest absolute Gasteiger partial charge is 0.465 e. The Morgan fingerprint density at radius 2 is 2.00 bits per heavy atom. The first kappa shape index (κ1) is 17.4. The van der Waals surface area contributed by atoms with Gasteiger partial charge in [0.2, 0.25) is 5.78 Å². The fourth-order valence-electron chi connectivity index (χ4n) is 1.82. The third-order valence-corrected chi connectivity index (χ3v) is 3.78. The van der Waals surface area contributed by atoms with Crippen LogP contribution in [0.2, 0.25) is 10.0 Å². The number of ketones is 1. The Labute approximate surface area is 140 Å². The van der Waals surface area contributed by atoms with Gasteiger partial charge in [-0.1, -0.05) is 23.2 Å². The molecule has 0 aromatic heterocycles. The molecule has 0 bridgehead atoms. The maximum absolute atomic E-state index is 13.6. The third kappa shape index (κ3) is 3.86. The number of nitrogens with zero attached hydrogens (tertiary/aromatic N) is 2. The van der Waals surface area contributed by atoms with Gasteiger partial charge in [0.15, 0.2) is 0 Å². The number of esters is 1. The number of halogens is 3. The van der Waals surface area contributed by atoms with Crippen molar-refractivity contribution in [3.63, 3.8) is 0 Å². The van der Waals surface area contributed by atoms with Crippen molar-refractivity contribution in [2.75, 3.05) is 7.11 Å². The zero-order valence-corrected chi connectivity index (χ0v) is 13.4. The van der Waals surface area contributed by atoms with Crippen LogP contribution in [0.15, 0.2) is 29.2 Å². The summed E-state index contributed by atoms with van der Waals surface area (Å²) in [7, 11) is 1.07. The lowest BCUT2D eigenvalue weighted by molar-refractivity contribution is -0.135. The SMILES string of the molecule is COC(=O)C(=CN(N=O)C1CC1)C(=O)c1cc(F)c(Cl)cc1Cl. The predicted molar refractivity (Wildman–Crippen MR) is 81.5 cm³/mol. The number of methoxy groups -OCH3 is 1. The van der Waals surface area contributed by atoms with Crippen molar-refractivity contribution in [3.05, 3.63) is 50.2 Å². The number of ether oxygens (including phenoxy) is 1. The number of carbonyl (C=O) groups excluding carboxylic acids is 2. The number of Topliss-reactive ketones (excluding diaryl/α,β-unsaturated/α-hetero) is 1. The summed E-state index contributed by atoms with van der Waals surface area (Å²) in [4.78, 5) is 35.2. The van der Waals surface area contributed by atoms with Gasteiger partial charge in [-0.25, -0.2) is 14.2 Å². The van der Waals surface area contributed by atoms with Crippen molar-refractivity contribution < 1.29 is 18.7 Å². The Morgan fingerprint density at radius 1 is 1.35 bits per heavy atom. The second-order valence-corrected chi connectivity index (χ2v) is 5.62. The van der Waals surface area contributed by atoms with Crippen molar-refractivity contribution in [2.45, 2.75) is 18.9 Å². The molecule has 0 radical (unpaired) electrons. The molecule has 9 heteroatoms. The molecule has 23 heavy (non-hydrogen) atoms. The summed E-state index contributed by atoms with van der Waals surface area (Å²) >= 11 is 11.5. The monoisotopic (exact) mass is 360 g/mol. The van der Waals surface area contributed by atoms with Crippen LogP contribution in [0.4, 0.5) is 4.39 Å². The van der Waals surface area contributed by atoms with Gasteiger partial charge < -0.3 is 4.74 Å². The van der Waals surface area contributed by atoms with Crippen molar-refractivity contribution in [1.29, 1.82) is 0 Å². The second kappa shape index (κ2) is 7.06. The number of hydrogen-bond acceptors (Lipinski definition) is 5. The quantitative estimate of drug-likeness (QED) is 0.113. The van der Waals surface area contributed by atoms with Crippen LogP contribution in [-0.4, -0.2) is 29.9 Å². The summed E-state index contributed by atoms with van der Waals surface area (Å²) in [5, 5.41) is 3.33. The van der Waals surface area contributed by atoms with E-state index in [9.17, 15) is 18.9 Å². The highest BCUT2D eigenvalue weighted by Crippen LogP contribution is 2.30. The van der Waals surface area contributed by atoms with E-state index in [0.29, 0.717) is 12.8 Å². The Bertz CT molecular complexity index is 704. The van der Waals surface area contributed by atoms with Crippen LogP contribution in [0.1, 0.15) is 23.2 Å². The van der Waals surface area contributed by atoms with Crippen LogP contribution < -0.4 is 0 Å². The first-order chi connectivity index (χ1) is 10.9. The van der Waals surface area contributed by atoms with Gasteiger partial charge >= 0.3 is 5.97 Å².